The molecular weight excluding hydrogens is 138 g/mol. The van der Waals surface area contributed by atoms with E-state index in [1.165, 1.54) is 4.90 Å². The summed E-state index contributed by atoms with van der Waals surface area (Å²) in [5, 5.41) is 0. The van der Waals surface area contributed by atoms with Crippen molar-refractivity contribution in [3.63, 3.8) is 0 Å². The number of likely N-dealkylation sites (N-methyl/N-ethyl adjacent to an activating group) is 1. The molecule has 0 aromatic rings. The van der Waals surface area contributed by atoms with E-state index < -0.39 is 0 Å². The summed E-state index contributed by atoms with van der Waals surface area (Å²) in [5.41, 5.74) is 0.235. The molecule has 1 aliphatic rings. The van der Waals surface area contributed by atoms with E-state index in [9.17, 15) is 0 Å². The summed E-state index contributed by atoms with van der Waals surface area (Å²) in [7, 11) is 4.29. The van der Waals surface area contributed by atoms with Gasteiger partial charge in [-0.15, -0.1) is 0 Å². The second-order valence-electron chi connectivity index (χ2n) is 3.12. The highest BCUT2D eigenvalue weighted by Gasteiger charge is 2.41. The lowest BCUT2D eigenvalue weighted by atomic mass is 10.2. The zero-order valence-corrected chi connectivity index (χ0v) is 6.96. The van der Waals surface area contributed by atoms with Crippen molar-refractivity contribution >= 4 is 0 Å². The standard InChI is InChI=1S/C6H13NO.ClH/c1-6(5-8-6)4-7(2)3;/h4-5H2,1-3H3;1H. The molecule has 2 nitrogen and oxygen atoms in total. The lowest BCUT2D eigenvalue weighted by Gasteiger charge is -2.08. The fraction of sp³-hybridized carbons (Fsp3) is 1.00. The van der Waals surface area contributed by atoms with Crippen LogP contribution in [0.4, 0.5) is 0 Å². The second-order valence-corrected chi connectivity index (χ2v) is 3.12. The summed E-state index contributed by atoms with van der Waals surface area (Å²) >= 11 is 0. The smallest absolute Gasteiger partial charge is 0.137 e. The summed E-state index contributed by atoms with van der Waals surface area (Å²) in [5.74, 6) is 0. The van der Waals surface area contributed by atoms with Gasteiger partial charge in [-0.05, 0) is 6.92 Å². The van der Waals surface area contributed by atoms with E-state index in [1.807, 2.05) is 0 Å². The Morgan fingerprint density at radius 2 is 2.00 bits per heavy atom. The van der Waals surface area contributed by atoms with Crippen molar-refractivity contribution < 1.29 is 22.0 Å². The number of nitrogens with one attached hydrogen (secondary N) is 1. The first-order chi connectivity index (χ1) is 3.62. The van der Waals surface area contributed by atoms with E-state index in [2.05, 4.69) is 21.0 Å². The Labute approximate surface area is 62.6 Å². The molecule has 0 aromatic heterocycles. The molecule has 1 saturated heterocycles. The van der Waals surface area contributed by atoms with Crippen molar-refractivity contribution in [3.05, 3.63) is 0 Å². The molecule has 9 heavy (non-hydrogen) atoms. The van der Waals surface area contributed by atoms with Crippen LogP contribution in [0.25, 0.3) is 0 Å². The number of hydrogen-bond donors (Lipinski definition) is 1. The van der Waals surface area contributed by atoms with Crippen LogP contribution in [0.5, 0.6) is 0 Å². The summed E-state index contributed by atoms with van der Waals surface area (Å²) in [6.07, 6.45) is 0. The third-order valence-electron chi connectivity index (χ3n) is 1.36. The van der Waals surface area contributed by atoms with E-state index in [0.717, 1.165) is 13.2 Å². The molecule has 0 aromatic carbocycles. The van der Waals surface area contributed by atoms with Crippen LogP contribution in [0.2, 0.25) is 0 Å². The molecule has 1 unspecified atom stereocenters. The number of quaternary nitrogens is 1. The molecule has 1 heterocycles. The Morgan fingerprint density at radius 3 is 2.11 bits per heavy atom. The van der Waals surface area contributed by atoms with Crippen LogP contribution in [0, 0.1) is 0 Å². The number of rotatable bonds is 2. The summed E-state index contributed by atoms with van der Waals surface area (Å²) in [4.78, 5) is 1.46. The average molecular weight is 152 g/mol. The Hall–Kier alpha value is 0.210. The first kappa shape index (κ1) is 9.21. The van der Waals surface area contributed by atoms with Gasteiger partial charge in [-0.3, -0.25) is 0 Å². The van der Waals surface area contributed by atoms with Gasteiger partial charge in [0.25, 0.3) is 0 Å². The first-order valence-electron chi connectivity index (χ1n) is 3.05. The van der Waals surface area contributed by atoms with Crippen LogP contribution in [0.3, 0.4) is 0 Å². The summed E-state index contributed by atoms with van der Waals surface area (Å²) in [6.45, 7) is 4.24. The fourth-order valence-corrected chi connectivity index (χ4v) is 0.973. The van der Waals surface area contributed by atoms with Gasteiger partial charge in [0.15, 0.2) is 0 Å². The van der Waals surface area contributed by atoms with E-state index in [0.29, 0.717) is 0 Å². The highest BCUT2D eigenvalue weighted by atomic mass is 35.5. The van der Waals surface area contributed by atoms with Gasteiger partial charge in [0.2, 0.25) is 0 Å². The highest BCUT2D eigenvalue weighted by molar-refractivity contribution is 4.85. The van der Waals surface area contributed by atoms with Crippen molar-refractivity contribution in [2.24, 2.45) is 0 Å². The Kier molecular flexibility index (Phi) is 2.93. The zero-order chi connectivity index (χ0) is 6.20. The van der Waals surface area contributed by atoms with Crippen molar-refractivity contribution in [2.75, 3.05) is 27.2 Å². The lowest BCUT2D eigenvalue weighted by molar-refractivity contribution is -0.861. The molecule has 1 aliphatic heterocycles. The molecule has 0 aliphatic carbocycles. The summed E-state index contributed by atoms with van der Waals surface area (Å²) < 4.78 is 5.19. The Bertz CT molecular complexity index is 91.1. The molecule has 3 heteroatoms. The van der Waals surface area contributed by atoms with Crippen molar-refractivity contribution in [1.29, 1.82) is 0 Å². The van der Waals surface area contributed by atoms with E-state index in [-0.39, 0.29) is 18.0 Å². The largest absolute Gasteiger partial charge is 1.00 e. The molecule has 0 bridgehead atoms. The fourth-order valence-electron chi connectivity index (χ4n) is 0.973. The molecule has 1 rings (SSSR count). The molecule has 1 N–H and O–H groups in total. The van der Waals surface area contributed by atoms with Crippen LogP contribution in [0.1, 0.15) is 6.92 Å². The van der Waals surface area contributed by atoms with E-state index >= 15 is 0 Å². The van der Waals surface area contributed by atoms with Gasteiger partial charge in [0.1, 0.15) is 12.1 Å². The normalized spacial score (nSPS) is 32.0. The third kappa shape index (κ3) is 3.04. The molecule has 0 spiro atoms. The van der Waals surface area contributed by atoms with E-state index in [4.69, 9.17) is 4.74 Å². The first-order valence-corrected chi connectivity index (χ1v) is 3.05. The summed E-state index contributed by atoms with van der Waals surface area (Å²) in [6, 6.07) is 0. The molecule has 0 radical (unpaired) electrons. The minimum Gasteiger partial charge on any atom is -1.00 e. The second kappa shape index (κ2) is 2.86. The quantitative estimate of drug-likeness (QED) is 0.398. The van der Waals surface area contributed by atoms with Gasteiger partial charge >= 0.3 is 0 Å². The maximum Gasteiger partial charge on any atom is 0.137 e. The number of ether oxygens (including phenoxy) is 1. The van der Waals surface area contributed by atoms with Gasteiger partial charge in [-0.1, -0.05) is 0 Å². The number of hydrogen-bond acceptors (Lipinski definition) is 1. The third-order valence-corrected chi connectivity index (χ3v) is 1.36. The molecule has 0 saturated carbocycles. The topological polar surface area (TPSA) is 17.0 Å². The molecule has 56 valence electrons. The van der Waals surface area contributed by atoms with Gasteiger partial charge in [0, 0.05) is 0 Å². The molecular formula is C6H14ClNO. The van der Waals surface area contributed by atoms with Gasteiger partial charge < -0.3 is 22.0 Å². The maximum atomic E-state index is 5.19. The molecule has 1 fully saturated rings. The lowest BCUT2D eigenvalue weighted by Crippen LogP contribution is -3.07. The Balaban J connectivity index is 0.000000640. The number of halogens is 1. The maximum absolute atomic E-state index is 5.19. The van der Waals surface area contributed by atoms with Crippen LogP contribution in [-0.2, 0) is 4.74 Å². The minimum atomic E-state index is 0. The van der Waals surface area contributed by atoms with Crippen LogP contribution in [-0.4, -0.2) is 32.8 Å². The predicted molar refractivity (Wildman–Crippen MR) is 32.0 cm³/mol. The van der Waals surface area contributed by atoms with Crippen LogP contribution < -0.4 is 17.3 Å². The molecule has 0 amide bonds. The van der Waals surface area contributed by atoms with Crippen molar-refractivity contribution in [1.82, 2.24) is 0 Å². The van der Waals surface area contributed by atoms with Crippen molar-refractivity contribution in [2.45, 2.75) is 12.5 Å². The SMILES string of the molecule is C[NH+](C)CC1(C)CO1.[Cl-]. The van der Waals surface area contributed by atoms with Crippen LogP contribution >= 0.6 is 0 Å². The minimum absolute atomic E-state index is 0. The Morgan fingerprint density at radius 1 is 1.56 bits per heavy atom. The highest BCUT2D eigenvalue weighted by Crippen LogP contribution is 2.22. The van der Waals surface area contributed by atoms with Gasteiger partial charge in [-0.25, -0.2) is 0 Å². The van der Waals surface area contributed by atoms with Crippen molar-refractivity contribution in [3.8, 4) is 0 Å². The van der Waals surface area contributed by atoms with E-state index in [1.54, 1.807) is 0 Å². The van der Waals surface area contributed by atoms with Gasteiger partial charge in [-0.2, -0.15) is 0 Å². The zero-order valence-electron chi connectivity index (χ0n) is 6.20. The average Bonchev–Trinajstić information content (AvgIpc) is 2.17. The predicted octanol–water partition coefficient (Wildman–Crippen LogP) is -4.08. The number of epoxide rings is 1. The van der Waals surface area contributed by atoms with Gasteiger partial charge in [0.05, 0.1) is 20.7 Å². The molecule has 1 atom stereocenters. The monoisotopic (exact) mass is 151 g/mol. The van der Waals surface area contributed by atoms with Crippen LogP contribution in [0.15, 0.2) is 0 Å².